The average molecular weight is 361 g/mol. The summed E-state index contributed by atoms with van der Waals surface area (Å²) in [5, 5.41) is 11.2. The van der Waals surface area contributed by atoms with E-state index < -0.39 is 17.7 Å². The number of benzene rings is 2. The van der Waals surface area contributed by atoms with Crippen molar-refractivity contribution in [2.45, 2.75) is 13.8 Å². The van der Waals surface area contributed by atoms with E-state index in [1.165, 1.54) is 0 Å². The molecule has 26 heavy (non-hydrogen) atoms. The van der Waals surface area contributed by atoms with Gasteiger partial charge in [-0.3, -0.25) is 4.79 Å². The number of carbonyl (C=O) groups excluding carboxylic acids is 1. The van der Waals surface area contributed by atoms with Crippen LogP contribution < -0.4 is 14.8 Å². The molecule has 2 rings (SSSR count). The molecule has 0 aliphatic carbocycles. The molecule has 6 nitrogen and oxygen atoms in total. The van der Waals surface area contributed by atoms with Crippen molar-refractivity contribution in [3.05, 3.63) is 53.8 Å². The third kappa shape index (κ3) is 5.77. The Labute approximate surface area is 150 Å². The number of anilines is 1. The highest BCUT2D eigenvalue weighted by Crippen LogP contribution is 2.20. The lowest BCUT2D eigenvalue weighted by Gasteiger charge is -2.11. The predicted molar refractivity (Wildman–Crippen MR) is 94.3 cm³/mol. The van der Waals surface area contributed by atoms with E-state index in [0.717, 1.165) is 18.2 Å². The number of amides is 1. The van der Waals surface area contributed by atoms with E-state index in [1.54, 1.807) is 24.3 Å². The molecule has 0 heterocycles. The molecule has 0 aliphatic heterocycles. The van der Waals surface area contributed by atoms with Crippen molar-refractivity contribution in [3.8, 4) is 11.5 Å². The summed E-state index contributed by atoms with van der Waals surface area (Å²) in [5.41, 5.74) is -0.342. The van der Waals surface area contributed by atoms with E-state index in [2.05, 4.69) is 5.32 Å². The van der Waals surface area contributed by atoms with Crippen molar-refractivity contribution >= 4 is 17.6 Å². The van der Waals surface area contributed by atoms with Crippen LogP contribution in [-0.2, 0) is 4.79 Å². The standard InChI is InChI=1S/C19H20FNO5/c1-12(2)10-25-14-4-3-5-15(9-14)26-11-18(22)21-17-8-13(19(23)24)6-7-16(17)20/h3-9,12H,10-11H2,1-2H3,(H,21,22)(H,23,24). The minimum absolute atomic E-state index is 0.127. The molecule has 0 spiro atoms. The highest BCUT2D eigenvalue weighted by molar-refractivity contribution is 5.94. The van der Waals surface area contributed by atoms with Crippen LogP contribution in [0.25, 0.3) is 0 Å². The van der Waals surface area contributed by atoms with Gasteiger partial charge < -0.3 is 19.9 Å². The van der Waals surface area contributed by atoms with E-state index >= 15 is 0 Å². The second-order valence-electron chi connectivity index (χ2n) is 6.02. The molecule has 0 bridgehead atoms. The molecule has 2 N–H and O–H groups in total. The fourth-order valence-electron chi connectivity index (χ4n) is 2.01. The molecule has 138 valence electrons. The normalized spacial score (nSPS) is 10.5. The Morgan fingerprint density at radius 2 is 1.81 bits per heavy atom. The van der Waals surface area contributed by atoms with Crippen molar-refractivity contribution in [2.75, 3.05) is 18.5 Å². The molecule has 0 fully saturated rings. The molecular weight excluding hydrogens is 341 g/mol. The third-order valence-electron chi connectivity index (χ3n) is 3.25. The molecule has 2 aromatic carbocycles. The topological polar surface area (TPSA) is 84.9 Å². The van der Waals surface area contributed by atoms with E-state index in [4.69, 9.17) is 14.6 Å². The number of carbonyl (C=O) groups is 2. The Kier molecular flexibility index (Phi) is 6.54. The molecule has 1 amide bonds. The lowest BCUT2D eigenvalue weighted by Crippen LogP contribution is -2.21. The summed E-state index contributed by atoms with van der Waals surface area (Å²) in [4.78, 5) is 22.9. The van der Waals surface area contributed by atoms with Crippen molar-refractivity contribution in [1.29, 1.82) is 0 Å². The predicted octanol–water partition coefficient (Wildman–Crippen LogP) is 3.58. The van der Waals surface area contributed by atoms with Gasteiger partial charge in [0, 0.05) is 6.07 Å². The maximum Gasteiger partial charge on any atom is 0.335 e. The minimum Gasteiger partial charge on any atom is -0.493 e. The molecule has 0 radical (unpaired) electrons. The summed E-state index contributed by atoms with van der Waals surface area (Å²) in [6, 6.07) is 9.99. The van der Waals surface area contributed by atoms with E-state index in [1.807, 2.05) is 13.8 Å². The number of aromatic carboxylic acids is 1. The number of ether oxygens (including phenoxy) is 2. The van der Waals surface area contributed by atoms with Gasteiger partial charge in [-0.2, -0.15) is 0 Å². The molecule has 0 aromatic heterocycles. The largest absolute Gasteiger partial charge is 0.493 e. The monoisotopic (exact) mass is 361 g/mol. The van der Waals surface area contributed by atoms with Crippen LogP contribution in [0.5, 0.6) is 11.5 Å². The van der Waals surface area contributed by atoms with Gasteiger partial charge in [0.2, 0.25) is 0 Å². The van der Waals surface area contributed by atoms with Crippen molar-refractivity contribution in [3.63, 3.8) is 0 Å². The zero-order chi connectivity index (χ0) is 19.1. The van der Waals surface area contributed by atoms with Gasteiger partial charge in [-0.15, -0.1) is 0 Å². The number of nitrogens with one attached hydrogen (secondary N) is 1. The van der Waals surface area contributed by atoms with Crippen molar-refractivity contribution < 1.29 is 28.6 Å². The second kappa shape index (κ2) is 8.84. The number of carboxylic acids is 1. The quantitative estimate of drug-likeness (QED) is 0.751. The molecule has 0 aliphatic rings. The first kappa shape index (κ1) is 19.2. The van der Waals surface area contributed by atoms with Crippen LogP contribution in [0.2, 0.25) is 0 Å². The lowest BCUT2D eigenvalue weighted by atomic mass is 10.2. The zero-order valence-electron chi connectivity index (χ0n) is 14.5. The second-order valence-corrected chi connectivity index (χ2v) is 6.02. The van der Waals surface area contributed by atoms with Crippen molar-refractivity contribution in [1.82, 2.24) is 0 Å². The summed E-state index contributed by atoms with van der Waals surface area (Å²) in [7, 11) is 0. The number of rotatable bonds is 8. The first-order chi connectivity index (χ1) is 12.3. The van der Waals surface area contributed by atoms with Crippen LogP contribution in [0.4, 0.5) is 10.1 Å². The van der Waals surface area contributed by atoms with Gasteiger partial charge >= 0.3 is 5.97 Å². The van der Waals surface area contributed by atoms with Crippen LogP contribution in [-0.4, -0.2) is 30.2 Å². The average Bonchev–Trinajstić information content (AvgIpc) is 2.60. The number of hydrogen-bond acceptors (Lipinski definition) is 4. The van der Waals surface area contributed by atoms with Gasteiger partial charge in [0.25, 0.3) is 5.91 Å². The maximum absolute atomic E-state index is 13.7. The van der Waals surface area contributed by atoms with Gasteiger partial charge in [-0.05, 0) is 36.2 Å². The summed E-state index contributed by atoms with van der Waals surface area (Å²) < 4.78 is 24.6. The number of carboxylic acid groups (broad SMARTS) is 1. The third-order valence-corrected chi connectivity index (χ3v) is 3.25. The summed E-state index contributed by atoms with van der Waals surface area (Å²) in [6.45, 7) is 4.26. The van der Waals surface area contributed by atoms with E-state index in [-0.39, 0.29) is 17.9 Å². The number of hydrogen-bond donors (Lipinski definition) is 2. The Morgan fingerprint density at radius 1 is 1.12 bits per heavy atom. The molecular formula is C19H20FNO5. The van der Waals surface area contributed by atoms with Gasteiger partial charge in [0.1, 0.15) is 17.3 Å². The maximum atomic E-state index is 13.7. The fourth-order valence-corrected chi connectivity index (χ4v) is 2.01. The summed E-state index contributed by atoms with van der Waals surface area (Å²) >= 11 is 0. The van der Waals surface area contributed by atoms with E-state index in [9.17, 15) is 14.0 Å². The zero-order valence-corrected chi connectivity index (χ0v) is 14.5. The Bertz CT molecular complexity index is 791. The van der Waals surface area contributed by atoms with Crippen LogP contribution in [0, 0.1) is 11.7 Å². The van der Waals surface area contributed by atoms with Crippen LogP contribution in [0.15, 0.2) is 42.5 Å². The first-order valence-electron chi connectivity index (χ1n) is 8.03. The van der Waals surface area contributed by atoms with Gasteiger partial charge in [-0.1, -0.05) is 19.9 Å². The molecule has 0 saturated carbocycles. The van der Waals surface area contributed by atoms with E-state index in [0.29, 0.717) is 24.0 Å². The Balaban J connectivity index is 1.94. The molecule has 0 saturated heterocycles. The van der Waals surface area contributed by atoms with Gasteiger partial charge in [0.05, 0.1) is 17.9 Å². The molecule has 0 atom stereocenters. The summed E-state index contributed by atoms with van der Waals surface area (Å²) in [5.74, 6) is -1.12. The lowest BCUT2D eigenvalue weighted by molar-refractivity contribution is -0.118. The number of halogens is 1. The van der Waals surface area contributed by atoms with Crippen LogP contribution in [0.3, 0.4) is 0 Å². The fraction of sp³-hybridized carbons (Fsp3) is 0.263. The molecule has 7 heteroatoms. The summed E-state index contributed by atoms with van der Waals surface area (Å²) in [6.07, 6.45) is 0. The highest BCUT2D eigenvalue weighted by Gasteiger charge is 2.12. The highest BCUT2D eigenvalue weighted by atomic mass is 19.1. The minimum atomic E-state index is -1.21. The van der Waals surface area contributed by atoms with Crippen LogP contribution >= 0.6 is 0 Å². The molecule has 2 aromatic rings. The van der Waals surface area contributed by atoms with Crippen LogP contribution in [0.1, 0.15) is 24.2 Å². The Morgan fingerprint density at radius 3 is 2.46 bits per heavy atom. The molecule has 0 unspecified atom stereocenters. The SMILES string of the molecule is CC(C)COc1cccc(OCC(=O)Nc2cc(C(=O)O)ccc2F)c1. The smallest absolute Gasteiger partial charge is 0.335 e. The first-order valence-corrected chi connectivity index (χ1v) is 8.03. The van der Waals surface area contributed by atoms with Crippen molar-refractivity contribution in [2.24, 2.45) is 5.92 Å². The van der Waals surface area contributed by atoms with Gasteiger partial charge in [-0.25, -0.2) is 9.18 Å². The van der Waals surface area contributed by atoms with Gasteiger partial charge in [0.15, 0.2) is 6.61 Å². The Hall–Kier alpha value is -3.09.